The second kappa shape index (κ2) is 10.4. The van der Waals surface area contributed by atoms with Crippen LogP contribution in [0.15, 0.2) is 53.6 Å². The highest BCUT2D eigenvalue weighted by atomic mass is 32.2. The van der Waals surface area contributed by atoms with Gasteiger partial charge >= 0.3 is 0 Å². The number of aromatic nitrogens is 3. The van der Waals surface area contributed by atoms with E-state index in [1.54, 1.807) is 6.07 Å². The minimum atomic E-state index is -4.81. The maximum Gasteiger partial charge on any atom is 0.267 e. The summed E-state index contributed by atoms with van der Waals surface area (Å²) in [5, 5.41) is 0.581. The monoisotopic (exact) mass is 576 g/mol. The van der Waals surface area contributed by atoms with Gasteiger partial charge < -0.3 is 15.4 Å². The first-order valence-corrected chi connectivity index (χ1v) is 14.1. The zero-order valence-electron chi connectivity index (χ0n) is 20.7. The lowest BCUT2D eigenvalue weighted by Crippen LogP contribution is -2.45. The Morgan fingerprint density at radius 3 is 2.36 bits per heavy atom. The number of halogens is 3. The third-order valence-electron chi connectivity index (χ3n) is 5.90. The lowest BCUT2D eigenvalue weighted by atomic mass is 10.1. The first kappa shape index (κ1) is 26.8. The van der Waals surface area contributed by atoms with Crippen LogP contribution in [0.3, 0.4) is 0 Å². The summed E-state index contributed by atoms with van der Waals surface area (Å²) < 4.78 is 77.7. The number of rotatable bonds is 6. The number of nitrogen functional groups attached to an aromatic ring is 1. The Morgan fingerprint density at radius 2 is 1.69 bits per heavy atom. The summed E-state index contributed by atoms with van der Waals surface area (Å²) in [5.74, 6) is -3.58. The highest BCUT2D eigenvalue weighted by Crippen LogP contribution is 2.42. The standard InChI is InChI=1S/C25H23F3N6O3S2/c1-13-11-34(12-14(2)37-13)25-32-21(22(38-25)19-9-10-30-24(29)31-19)15-5-3-8-18(20(15)28)33-39(35,36)23-16(26)6-4-7-17(23)27/h3-10,13-14,33H,11-12H2,1-2H3,(H2,29,30,31)/t13-,14+. The molecule has 3 heterocycles. The van der Waals surface area contributed by atoms with Gasteiger partial charge in [0.15, 0.2) is 15.8 Å². The zero-order chi connectivity index (χ0) is 27.9. The number of hydrogen-bond donors (Lipinski definition) is 2. The van der Waals surface area contributed by atoms with Crippen LogP contribution in [0.1, 0.15) is 13.8 Å². The molecule has 2 atom stereocenters. The molecule has 2 aromatic carbocycles. The van der Waals surface area contributed by atoms with Crippen molar-refractivity contribution >= 4 is 38.1 Å². The molecule has 1 saturated heterocycles. The van der Waals surface area contributed by atoms with Gasteiger partial charge in [0.05, 0.1) is 34.2 Å². The molecule has 0 amide bonds. The Labute approximate surface area is 226 Å². The molecule has 1 aliphatic heterocycles. The second-order valence-electron chi connectivity index (χ2n) is 8.96. The molecule has 0 unspecified atom stereocenters. The van der Waals surface area contributed by atoms with Crippen LogP contribution < -0.4 is 15.4 Å². The number of thiazole rings is 1. The maximum atomic E-state index is 15.9. The van der Waals surface area contributed by atoms with E-state index in [2.05, 4.69) is 9.97 Å². The Morgan fingerprint density at radius 1 is 1.03 bits per heavy atom. The summed E-state index contributed by atoms with van der Waals surface area (Å²) in [6.07, 6.45) is 1.34. The largest absolute Gasteiger partial charge is 0.372 e. The molecule has 2 aromatic heterocycles. The van der Waals surface area contributed by atoms with E-state index in [1.165, 1.54) is 29.7 Å². The number of morpholine rings is 1. The summed E-state index contributed by atoms with van der Waals surface area (Å²) in [5.41, 5.74) is 5.83. The van der Waals surface area contributed by atoms with Crippen molar-refractivity contribution in [2.45, 2.75) is 31.0 Å². The molecule has 0 radical (unpaired) electrons. The van der Waals surface area contributed by atoms with E-state index in [0.29, 0.717) is 28.8 Å². The summed E-state index contributed by atoms with van der Waals surface area (Å²) in [6, 6.07) is 8.21. The number of anilines is 3. The van der Waals surface area contributed by atoms with Gasteiger partial charge in [0.1, 0.15) is 11.6 Å². The number of ether oxygens (including phenoxy) is 1. The van der Waals surface area contributed by atoms with Crippen molar-refractivity contribution in [2.24, 2.45) is 0 Å². The number of nitrogens with two attached hydrogens (primary N) is 1. The number of nitrogens with zero attached hydrogens (tertiary/aromatic N) is 4. The molecule has 0 spiro atoms. The molecule has 0 bridgehead atoms. The molecular formula is C25H23F3N6O3S2. The highest BCUT2D eigenvalue weighted by Gasteiger charge is 2.29. The average Bonchev–Trinajstić information content (AvgIpc) is 3.30. The number of hydrogen-bond acceptors (Lipinski definition) is 9. The van der Waals surface area contributed by atoms with Gasteiger partial charge in [-0.3, -0.25) is 4.72 Å². The van der Waals surface area contributed by atoms with Crippen LogP contribution in [0, 0.1) is 17.5 Å². The molecule has 1 fully saturated rings. The van der Waals surface area contributed by atoms with Crippen molar-refractivity contribution in [1.82, 2.24) is 15.0 Å². The molecule has 9 nitrogen and oxygen atoms in total. The van der Waals surface area contributed by atoms with E-state index in [-0.39, 0.29) is 29.4 Å². The van der Waals surface area contributed by atoms with Crippen LogP contribution >= 0.6 is 11.3 Å². The number of sulfonamides is 1. The predicted molar refractivity (Wildman–Crippen MR) is 142 cm³/mol. The number of benzene rings is 2. The van der Waals surface area contributed by atoms with E-state index in [1.807, 2.05) is 23.5 Å². The predicted octanol–water partition coefficient (Wildman–Crippen LogP) is 4.68. The zero-order valence-corrected chi connectivity index (χ0v) is 22.4. The van der Waals surface area contributed by atoms with Crippen molar-refractivity contribution in [3.8, 4) is 21.8 Å². The van der Waals surface area contributed by atoms with Crippen molar-refractivity contribution in [3.63, 3.8) is 0 Å². The molecule has 0 aliphatic carbocycles. The van der Waals surface area contributed by atoms with Gasteiger partial charge in [-0.25, -0.2) is 36.5 Å². The van der Waals surface area contributed by atoms with E-state index < -0.39 is 38.1 Å². The van der Waals surface area contributed by atoms with Crippen LogP contribution in [-0.4, -0.2) is 48.7 Å². The van der Waals surface area contributed by atoms with Crippen molar-refractivity contribution in [2.75, 3.05) is 28.4 Å². The fraction of sp³-hybridized carbons (Fsp3) is 0.240. The molecule has 204 valence electrons. The summed E-state index contributed by atoms with van der Waals surface area (Å²) in [7, 11) is -4.81. The van der Waals surface area contributed by atoms with Gasteiger partial charge in [-0.2, -0.15) is 0 Å². The van der Waals surface area contributed by atoms with Gasteiger partial charge in [-0.15, -0.1) is 0 Å². The fourth-order valence-corrected chi connectivity index (χ4v) is 6.63. The number of nitrogens with one attached hydrogen (secondary N) is 1. The average molecular weight is 577 g/mol. The molecule has 39 heavy (non-hydrogen) atoms. The molecule has 5 rings (SSSR count). The third kappa shape index (κ3) is 5.40. The Balaban J connectivity index is 1.60. The van der Waals surface area contributed by atoms with E-state index in [4.69, 9.17) is 15.5 Å². The van der Waals surface area contributed by atoms with E-state index in [9.17, 15) is 17.2 Å². The first-order valence-electron chi connectivity index (χ1n) is 11.8. The SMILES string of the molecule is C[C@@H]1CN(c2nc(-c3cccc(NS(=O)(=O)c4c(F)cccc4F)c3F)c(-c3ccnc(N)n3)s2)C[C@H](C)O1. The molecular weight excluding hydrogens is 553 g/mol. The normalized spacial score (nSPS) is 17.8. The van der Waals surface area contributed by atoms with Gasteiger partial charge in [-0.1, -0.05) is 23.5 Å². The van der Waals surface area contributed by atoms with Crippen LogP contribution in [0.4, 0.5) is 29.9 Å². The maximum absolute atomic E-state index is 15.9. The minimum absolute atomic E-state index is 0.0101. The molecule has 1 aliphatic rings. The topological polar surface area (TPSA) is 123 Å². The quantitative estimate of drug-likeness (QED) is 0.339. The van der Waals surface area contributed by atoms with Crippen LogP contribution in [-0.2, 0) is 14.8 Å². The minimum Gasteiger partial charge on any atom is -0.372 e. The third-order valence-corrected chi connectivity index (χ3v) is 8.45. The molecule has 4 aromatic rings. The molecule has 0 saturated carbocycles. The van der Waals surface area contributed by atoms with Gasteiger partial charge in [0.2, 0.25) is 5.95 Å². The van der Waals surface area contributed by atoms with Crippen molar-refractivity contribution < 1.29 is 26.3 Å². The van der Waals surface area contributed by atoms with Gasteiger partial charge in [-0.05, 0) is 44.2 Å². The van der Waals surface area contributed by atoms with E-state index in [0.717, 1.165) is 24.3 Å². The van der Waals surface area contributed by atoms with Crippen LogP contribution in [0.2, 0.25) is 0 Å². The van der Waals surface area contributed by atoms with Crippen LogP contribution in [0.25, 0.3) is 21.8 Å². The first-order chi connectivity index (χ1) is 18.5. The lowest BCUT2D eigenvalue weighted by Gasteiger charge is -2.35. The highest BCUT2D eigenvalue weighted by molar-refractivity contribution is 7.92. The Hall–Kier alpha value is -3.75. The lowest BCUT2D eigenvalue weighted by molar-refractivity contribution is -0.00522. The molecule has 14 heteroatoms. The van der Waals surface area contributed by atoms with Gasteiger partial charge in [0, 0.05) is 24.8 Å². The van der Waals surface area contributed by atoms with Crippen LogP contribution in [0.5, 0.6) is 0 Å². The van der Waals surface area contributed by atoms with Gasteiger partial charge in [0.25, 0.3) is 10.0 Å². The Kier molecular flexibility index (Phi) is 7.18. The smallest absolute Gasteiger partial charge is 0.267 e. The Bertz CT molecular complexity index is 1620. The van der Waals surface area contributed by atoms with Crippen molar-refractivity contribution in [1.29, 1.82) is 0 Å². The summed E-state index contributed by atoms with van der Waals surface area (Å²) >= 11 is 1.26. The van der Waals surface area contributed by atoms with Crippen molar-refractivity contribution in [3.05, 3.63) is 66.1 Å². The summed E-state index contributed by atoms with van der Waals surface area (Å²) in [4.78, 5) is 14.2. The fourth-order valence-electron chi connectivity index (χ4n) is 4.36. The summed E-state index contributed by atoms with van der Waals surface area (Å²) in [6.45, 7) is 4.99. The molecule has 3 N–H and O–H groups in total. The second-order valence-corrected chi connectivity index (χ2v) is 11.6. The van der Waals surface area contributed by atoms with E-state index >= 15 is 4.39 Å².